The lowest BCUT2D eigenvalue weighted by Gasteiger charge is -2.36. The van der Waals surface area contributed by atoms with Crippen molar-refractivity contribution in [2.45, 2.75) is 44.1 Å². The van der Waals surface area contributed by atoms with E-state index in [2.05, 4.69) is 17.4 Å². The van der Waals surface area contributed by atoms with Gasteiger partial charge in [-0.15, -0.1) is 0 Å². The number of ether oxygens (including phenoxy) is 1. The molecule has 3 heteroatoms. The van der Waals surface area contributed by atoms with Crippen LogP contribution in [-0.4, -0.2) is 30.9 Å². The minimum atomic E-state index is -0.0231. The smallest absolute Gasteiger partial charge is 0.118 e. The topological polar surface area (TPSA) is 41.5 Å². The molecule has 2 rings (SSSR count). The molecule has 19 heavy (non-hydrogen) atoms. The Balaban J connectivity index is 1.81. The number of nitrogens with one attached hydrogen (secondary N) is 1. The summed E-state index contributed by atoms with van der Waals surface area (Å²) in [6.45, 7) is 1.18. The quantitative estimate of drug-likeness (QED) is 0.828. The van der Waals surface area contributed by atoms with Crippen LogP contribution in [0.5, 0.6) is 5.75 Å². The highest BCUT2D eigenvalue weighted by molar-refractivity contribution is 5.27. The van der Waals surface area contributed by atoms with Gasteiger partial charge in [0.25, 0.3) is 0 Å². The Morgan fingerprint density at radius 3 is 2.42 bits per heavy atom. The fraction of sp³-hybridized carbons (Fsp3) is 0.625. The molecule has 0 unspecified atom stereocenters. The fourth-order valence-electron chi connectivity index (χ4n) is 2.88. The molecular formula is C16H25NO2. The molecule has 106 valence electrons. The van der Waals surface area contributed by atoms with Gasteiger partial charge in [0.2, 0.25) is 0 Å². The van der Waals surface area contributed by atoms with E-state index in [1.807, 2.05) is 12.1 Å². The Morgan fingerprint density at radius 1 is 1.16 bits per heavy atom. The summed E-state index contributed by atoms with van der Waals surface area (Å²) in [5, 5.41) is 13.2. The normalized spacial score (nSPS) is 18.2. The van der Waals surface area contributed by atoms with E-state index in [1.54, 1.807) is 7.11 Å². The molecule has 0 saturated heterocycles. The second-order valence-corrected chi connectivity index (χ2v) is 5.52. The first kappa shape index (κ1) is 14.4. The highest BCUT2D eigenvalue weighted by atomic mass is 16.5. The molecule has 0 amide bonds. The first-order chi connectivity index (χ1) is 9.28. The van der Waals surface area contributed by atoms with Gasteiger partial charge < -0.3 is 15.2 Å². The molecule has 0 heterocycles. The zero-order valence-corrected chi connectivity index (χ0v) is 11.8. The maximum absolute atomic E-state index is 9.63. The largest absolute Gasteiger partial charge is 0.497 e. The first-order valence-electron chi connectivity index (χ1n) is 7.27. The summed E-state index contributed by atoms with van der Waals surface area (Å²) in [5.41, 5.74) is 1.28. The Kier molecular flexibility index (Phi) is 5.23. The van der Waals surface area contributed by atoms with Gasteiger partial charge in [0.1, 0.15) is 5.75 Å². The van der Waals surface area contributed by atoms with E-state index in [4.69, 9.17) is 4.74 Å². The van der Waals surface area contributed by atoms with Crippen LogP contribution in [0.1, 0.15) is 37.7 Å². The van der Waals surface area contributed by atoms with Crippen LogP contribution in [0.25, 0.3) is 0 Å². The molecule has 0 radical (unpaired) electrons. The van der Waals surface area contributed by atoms with Gasteiger partial charge in [0, 0.05) is 5.54 Å². The summed E-state index contributed by atoms with van der Waals surface area (Å²) in [6, 6.07) is 8.20. The van der Waals surface area contributed by atoms with Gasteiger partial charge in [-0.05, 0) is 43.5 Å². The molecule has 2 N–H and O–H groups in total. The molecule has 0 aliphatic heterocycles. The molecular weight excluding hydrogens is 238 g/mol. The molecule has 1 aromatic rings. The maximum Gasteiger partial charge on any atom is 0.118 e. The SMILES string of the molecule is COc1ccc(CCNC2(CO)CCCCC2)cc1. The van der Waals surface area contributed by atoms with Crippen LogP contribution in [0, 0.1) is 0 Å². The van der Waals surface area contributed by atoms with Gasteiger partial charge in [-0.3, -0.25) is 0 Å². The molecule has 0 aromatic heterocycles. The number of methoxy groups -OCH3 is 1. The van der Waals surface area contributed by atoms with E-state index in [1.165, 1.54) is 24.8 Å². The van der Waals surface area contributed by atoms with Crippen molar-refractivity contribution in [3.63, 3.8) is 0 Å². The molecule has 1 saturated carbocycles. The highest BCUT2D eigenvalue weighted by Gasteiger charge is 2.30. The number of hydrogen-bond donors (Lipinski definition) is 2. The lowest BCUT2D eigenvalue weighted by Crippen LogP contribution is -2.50. The van der Waals surface area contributed by atoms with E-state index in [0.717, 1.165) is 31.6 Å². The predicted molar refractivity (Wildman–Crippen MR) is 77.6 cm³/mol. The summed E-state index contributed by atoms with van der Waals surface area (Å²) < 4.78 is 5.15. The van der Waals surface area contributed by atoms with Crippen molar-refractivity contribution < 1.29 is 9.84 Å². The third-order valence-electron chi connectivity index (χ3n) is 4.19. The summed E-state index contributed by atoms with van der Waals surface area (Å²) in [4.78, 5) is 0. The van der Waals surface area contributed by atoms with Crippen LogP contribution < -0.4 is 10.1 Å². The van der Waals surface area contributed by atoms with Crippen molar-refractivity contribution in [1.29, 1.82) is 0 Å². The van der Waals surface area contributed by atoms with Crippen molar-refractivity contribution in [1.82, 2.24) is 5.32 Å². The third-order valence-corrected chi connectivity index (χ3v) is 4.19. The molecule has 3 nitrogen and oxygen atoms in total. The minimum Gasteiger partial charge on any atom is -0.497 e. The van der Waals surface area contributed by atoms with Gasteiger partial charge >= 0.3 is 0 Å². The Bertz CT molecular complexity index is 369. The molecule has 0 spiro atoms. The lowest BCUT2D eigenvalue weighted by atomic mass is 9.82. The molecule has 1 aromatic carbocycles. The predicted octanol–water partition coefficient (Wildman–Crippen LogP) is 2.52. The van der Waals surface area contributed by atoms with Crippen molar-refractivity contribution in [2.24, 2.45) is 0 Å². The van der Waals surface area contributed by atoms with Crippen LogP contribution in [0.4, 0.5) is 0 Å². The van der Waals surface area contributed by atoms with Crippen LogP contribution in [0.2, 0.25) is 0 Å². The second-order valence-electron chi connectivity index (χ2n) is 5.52. The fourth-order valence-corrected chi connectivity index (χ4v) is 2.88. The van der Waals surface area contributed by atoms with Crippen LogP contribution in [0.3, 0.4) is 0 Å². The standard InChI is InChI=1S/C16H25NO2/c1-19-15-7-5-14(6-8-15)9-12-17-16(13-18)10-3-2-4-11-16/h5-8,17-18H,2-4,9-13H2,1H3. The Labute approximate surface area is 116 Å². The van der Waals surface area contributed by atoms with Crippen LogP contribution in [-0.2, 0) is 6.42 Å². The van der Waals surface area contributed by atoms with E-state index >= 15 is 0 Å². The molecule has 1 fully saturated rings. The monoisotopic (exact) mass is 263 g/mol. The summed E-state index contributed by atoms with van der Waals surface area (Å²) in [5.74, 6) is 0.899. The van der Waals surface area contributed by atoms with Crippen LogP contribution >= 0.6 is 0 Å². The van der Waals surface area contributed by atoms with Gasteiger partial charge in [-0.25, -0.2) is 0 Å². The molecule has 0 bridgehead atoms. The summed E-state index contributed by atoms with van der Waals surface area (Å²) in [6.07, 6.45) is 6.97. The van der Waals surface area contributed by atoms with Crippen LogP contribution in [0.15, 0.2) is 24.3 Å². The summed E-state index contributed by atoms with van der Waals surface area (Å²) in [7, 11) is 1.69. The number of hydrogen-bond acceptors (Lipinski definition) is 3. The Hall–Kier alpha value is -1.06. The minimum absolute atomic E-state index is 0.0231. The second kappa shape index (κ2) is 6.92. The average molecular weight is 263 g/mol. The van der Waals surface area contributed by atoms with Gasteiger partial charge in [-0.1, -0.05) is 31.4 Å². The zero-order chi connectivity index (χ0) is 13.6. The van der Waals surface area contributed by atoms with E-state index < -0.39 is 0 Å². The van der Waals surface area contributed by atoms with Crippen molar-refractivity contribution in [2.75, 3.05) is 20.3 Å². The van der Waals surface area contributed by atoms with E-state index in [0.29, 0.717) is 0 Å². The van der Waals surface area contributed by atoms with E-state index in [-0.39, 0.29) is 12.1 Å². The zero-order valence-electron chi connectivity index (χ0n) is 11.8. The third kappa shape index (κ3) is 3.95. The molecule has 0 atom stereocenters. The van der Waals surface area contributed by atoms with Crippen molar-refractivity contribution >= 4 is 0 Å². The van der Waals surface area contributed by atoms with Crippen molar-refractivity contribution in [3.05, 3.63) is 29.8 Å². The molecule has 1 aliphatic carbocycles. The number of benzene rings is 1. The van der Waals surface area contributed by atoms with Gasteiger partial charge in [-0.2, -0.15) is 0 Å². The number of rotatable bonds is 6. The summed E-state index contributed by atoms with van der Waals surface area (Å²) >= 11 is 0. The number of aliphatic hydroxyl groups excluding tert-OH is 1. The highest BCUT2D eigenvalue weighted by Crippen LogP contribution is 2.27. The van der Waals surface area contributed by atoms with E-state index in [9.17, 15) is 5.11 Å². The maximum atomic E-state index is 9.63. The number of aliphatic hydroxyl groups is 1. The lowest BCUT2D eigenvalue weighted by molar-refractivity contribution is 0.122. The van der Waals surface area contributed by atoms with Crippen molar-refractivity contribution in [3.8, 4) is 5.75 Å². The average Bonchev–Trinajstić information content (AvgIpc) is 2.49. The Morgan fingerprint density at radius 2 is 1.84 bits per heavy atom. The van der Waals surface area contributed by atoms with Gasteiger partial charge in [0.15, 0.2) is 0 Å². The first-order valence-corrected chi connectivity index (χ1v) is 7.27. The van der Waals surface area contributed by atoms with Gasteiger partial charge in [0.05, 0.1) is 13.7 Å². The molecule has 1 aliphatic rings.